The number of likely N-dealkylation sites (tertiary alicyclic amines) is 1. The maximum Gasteiger partial charge on any atom is 0.0950 e. The predicted octanol–water partition coefficient (Wildman–Crippen LogP) is 1.43. The fourth-order valence-electron chi connectivity index (χ4n) is 2.54. The fourth-order valence-corrected chi connectivity index (χ4v) is 2.54. The maximum absolute atomic E-state index is 6.10. The van der Waals surface area contributed by atoms with Crippen molar-refractivity contribution in [3.8, 4) is 0 Å². The van der Waals surface area contributed by atoms with Crippen molar-refractivity contribution >= 4 is 0 Å². The van der Waals surface area contributed by atoms with Crippen molar-refractivity contribution in [2.24, 2.45) is 5.73 Å². The van der Waals surface area contributed by atoms with Crippen LogP contribution in [0.4, 0.5) is 0 Å². The van der Waals surface area contributed by atoms with E-state index in [0.717, 1.165) is 6.42 Å². The topological polar surface area (TPSA) is 47.1 Å². The second-order valence-electron chi connectivity index (χ2n) is 5.99. The molecule has 2 N–H and O–H groups in total. The van der Waals surface area contributed by atoms with Gasteiger partial charge in [0.15, 0.2) is 0 Å². The van der Waals surface area contributed by atoms with Gasteiger partial charge in [-0.2, -0.15) is 0 Å². The average Bonchev–Trinajstić information content (AvgIpc) is 2.64. The van der Waals surface area contributed by atoms with Crippen molar-refractivity contribution in [2.75, 3.05) is 20.1 Å². The first-order valence-corrected chi connectivity index (χ1v) is 6.44. The second-order valence-corrected chi connectivity index (χ2v) is 5.99. The lowest BCUT2D eigenvalue weighted by Gasteiger charge is -2.31. The van der Waals surface area contributed by atoms with Crippen molar-refractivity contribution in [1.29, 1.82) is 0 Å². The van der Waals surface area contributed by atoms with Gasteiger partial charge < -0.3 is 15.2 Å². The van der Waals surface area contributed by atoms with E-state index in [2.05, 4.69) is 35.3 Å². The number of hydrogen-bond acceptors (Lipinski definition) is 3. The zero-order valence-electron chi connectivity index (χ0n) is 11.2. The van der Waals surface area contributed by atoms with Crippen LogP contribution in [0.2, 0.25) is 0 Å². The Hall–Kier alpha value is -0.870. The Balaban J connectivity index is 2.08. The van der Waals surface area contributed by atoms with Crippen molar-refractivity contribution in [2.45, 2.75) is 44.7 Å². The SMILES string of the molecule is CN1CCC(n2cncc2CC(C)(C)N)CC1. The molecule has 2 heterocycles. The van der Waals surface area contributed by atoms with Crippen molar-refractivity contribution in [1.82, 2.24) is 14.5 Å². The third kappa shape index (κ3) is 3.30. The summed E-state index contributed by atoms with van der Waals surface area (Å²) >= 11 is 0. The van der Waals surface area contributed by atoms with Crippen LogP contribution in [-0.2, 0) is 6.42 Å². The summed E-state index contributed by atoms with van der Waals surface area (Å²) in [5.74, 6) is 0. The largest absolute Gasteiger partial charge is 0.331 e. The van der Waals surface area contributed by atoms with E-state index in [1.165, 1.54) is 31.6 Å². The molecule has 4 nitrogen and oxygen atoms in total. The van der Waals surface area contributed by atoms with Gasteiger partial charge in [0.2, 0.25) is 0 Å². The highest BCUT2D eigenvalue weighted by Crippen LogP contribution is 2.24. The molecule has 17 heavy (non-hydrogen) atoms. The first kappa shape index (κ1) is 12.6. The van der Waals surface area contributed by atoms with E-state index in [1.54, 1.807) is 0 Å². The Kier molecular flexibility index (Phi) is 3.54. The lowest BCUT2D eigenvalue weighted by atomic mass is 9.99. The monoisotopic (exact) mass is 236 g/mol. The van der Waals surface area contributed by atoms with Crippen molar-refractivity contribution < 1.29 is 0 Å². The number of nitrogens with zero attached hydrogens (tertiary/aromatic N) is 3. The zero-order valence-corrected chi connectivity index (χ0v) is 11.2. The van der Waals surface area contributed by atoms with Gasteiger partial charge in [-0.3, -0.25) is 0 Å². The van der Waals surface area contributed by atoms with Gasteiger partial charge in [-0.05, 0) is 46.8 Å². The quantitative estimate of drug-likeness (QED) is 0.863. The molecule has 0 amide bonds. The van der Waals surface area contributed by atoms with Crippen molar-refractivity contribution in [3.63, 3.8) is 0 Å². The molecule has 0 unspecified atom stereocenters. The summed E-state index contributed by atoms with van der Waals surface area (Å²) in [6, 6.07) is 0.603. The summed E-state index contributed by atoms with van der Waals surface area (Å²) in [7, 11) is 2.19. The van der Waals surface area contributed by atoms with E-state index < -0.39 is 0 Å². The molecule has 0 aromatic carbocycles. The van der Waals surface area contributed by atoms with Gasteiger partial charge in [-0.15, -0.1) is 0 Å². The summed E-state index contributed by atoms with van der Waals surface area (Å²) in [5, 5.41) is 0. The molecular formula is C13H24N4. The molecule has 4 heteroatoms. The van der Waals surface area contributed by atoms with E-state index in [1.807, 2.05) is 12.5 Å². The highest BCUT2D eigenvalue weighted by Gasteiger charge is 2.22. The fraction of sp³-hybridized carbons (Fsp3) is 0.769. The molecule has 1 aliphatic heterocycles. The van der Waals surface area contributed by atoms with Crippen LogP contribution in [0.5, 0.6) is 0 Å². The lowest BCUT2D eigenvalue weighted by Crippen LogP contribution is -2.36. The van der Waals surface area contributed by atoms with Crippen LogP contribution in [0.15, 0.2) is 12.5 Å². The molecule has 1 aromatic rings. The molecular weight excluding hydrogens is 212 g/mol. The molecule has 1 fully saturated rings. The van der Waals surface area contributed by atoms with Crippen LogP contribution in [0.25, 0.3) is 0 Å². The molecule has 0 saturated carbocycles. The average molecular weight is 236 g/mol. The van der Waals surface area contributed by atoms with E-state index in [-0.39, 0.29) is 5.54 Å². The van der Waals surface area contributed by atoms with Crippen LogP contribution >= 0.6 is 0 Å². The highest BCUT2D eigenvalue weighted by molar-refractivity contribution is 5.05. The molecule has 0 aliphatic carbocycles. The number of rotatable bonds is 3. The summed E-state index contributed by atoms with van der Waals surface area (Å²) in [6.07, 6.45) is 7.25. The molecule has 2 rings (SSSR count). The van der Waals surface area contributed by atoms with Gasteiger partial charge in [-0.1, -0.05) is 0 Å². The summed E-state index contributed by atoms with van der Waals surface area (Å²) in [4.78, 5) is 6.68. The predicted molar refractivity (Wildman–Crippen MR) is 70.0 cm³/mol. The molecule has 0 atom stereocenters. The summed E-state index contributed by atoms with van der Waals surface area (Å²) in [5.41, 5.74) is 7.20. The Morgan fingerprint density at radius 3 is 2.65 bits per heavy atom. The minimum atomic E-state index is -0.163. The first-order valence-electron chi connectivity index (χ1n) is 6.44. The van der Waals surface area contributed by atoms with Gasteiger partial charge in [0.1, 0.15) is 0 Å². The van der Waals surface area contributed by atoms with E-state index in [0.29, 0.717) is 6.04 Å². The molecule has 0 spiro atoms. The minimum Gasteiger partial charge on any atom is -0.331 e. The standard InChI is InChI=1S/C13H24N4/c1-13(2,14)8-12-9-15-10-17(12)11-4-6-16(3)7-5-11/h9-11H,4-8,14H2,1-3H3. The summed E-state index contributed by atoms with van der Waals surface area (Å²) in [6.45, 7) is 6.49. The Labute approximate surface area is 104 Å². The molecule has 96 valence electrons. The minimum absolute atomic E-state index is 0.163. The Morgan fingerprint density at radius 2 is 2.06 bits per heavy atom. The number of piperidine rings is 1. The van der Waals surface area contributed by atoms with Crippen LogP contribution in [-0.4, -0.2) is 40.1 Å². The van der Waals surface area contributed by atoms with Gasteiger partial charge in [0.25, 0.3) is 0 Å². The van der Waals surface area contributed by atoms with Crippen LogP contribution < -0.4 is 5.73 Å². The normalized spacial score (nSPS) is 19.8. The van der Waals surface area contributed by atoms with Crippen LogP contribution in [0.1, 0.15) is 38.4 Å². The van der Waals surface area contributed by atoms with E-state index in [9.17, 15) is 0 Å². The molecule has 0 bridgehead atoms. The molecule has 1 aliphatic rings. The van der Waals surface area contributed by atoms with Gasteiger partial charge in [0, 0.05) is 29.9 Å². The third-order valence-electron chi connectivity index (χ3n) is 3.46. The number of aromatic nitrogens is 2. The molecule has 1 saturated heterocycles. The number of imidazole rings is 1. The summed E-state index contributed by atoms with van der Waals surface area (Å²) < 4.78 is 2.33. The Bertz CT molecular complexity index is 356. The van der Waals surface area contributed by atoms with Crippen LogP contribution in [0.3, 0.4) is 0 Å². The van der Waals surface area contributed by atoms with Gasteiger partial charge >= 0.3 is 0 Å². The molecule has 1 aromatic heterocycles. The van der Waals surface area contributed by atoms with E-state index >= 15 is 0 Å². The van der Waals surface area contributed by atoms with Crippen LogP contribution in [0, 0.1) is 0 Å². The zero-order chi connectivity index (χ0) is 12.5. The smallest absolute Gasteiger partial charge is 0.0950 e. The first-order chi connectivity index (χ1) is 7.96. The third-order valence-corrected chi connectivity index (χ3v) is 3.46. The molecule has 0 radical (unpaired) electrons. The van der Waals surface area contributed by atoms with Gasteiger partial charge in [0.05, 0.1) is 6.33 Å². The maximum atomic E-state index is 6.10. The number of nitrogens with two attached hydrogens (primary N) is 1. The lowest BCUT2D eigenvalue weighted by molar-refractivity contribution is 0.218. The van der Waals surface area contributed by atoms with E-state index in [4.69, 9.17) is 5.73 Å². The van der Waals surface area contributed by atoms with Gasteiger partial charge in [-0.25, -0.2) is 4.98 Å². The second kappa shape index (κ2) is 4.78. The Morgan fingerprint density at radius 1 is 1.41 bits per heavy atom. The highest BCUT2D eigenvalue weighted by atomic mass is 15.1. The number of hydrogen-bond donors (Lipinski definition) is 1. The van der Waals surface area contributed by atoms with Crippen molar-refractivity contribution in [3.05, 3.63) is 18.2 Å².